The molecule has 1 heteroatoms. The number of hydrogen-bond donors (Lipinski definition) is 0. The first-order chi connectivity index (χ1) is 8.53. The van der Waals surface area contributed by atoms with Gasteiger partial charge in [-0.2, -0.15) is 0 Å². The molecule has 0 amide bonds. The Balaban J connectivity index is 2.29. The van der Waals surface area contributed by atoms with E-state index >= 15 is 0 Å². The predicted octanol–water partition coefficient (Wildman–Crippen LogP) is 4.07. The molecule has 0 unspecified atom stereocenters. The summed E-state index contributed by atoms with van der Waals surface area (Å²) in [5.74, 6) is 0. The zero-order valence-corrected chi connectivity index (χ0v) is 11.4. The van der Waals surface area contributed by atoms with Gasteiger partial charge < -0.3 is 0 Å². The van der Waals surface area contributed by atoms with E-state index in [9.17, 15) is 4.79 Å². The Bertz CT molecular complexity index is 518. The molecule has 0 saturated heterocycles. The standard InChI is InChI=1S/C17H20O/c1-13(5-4-10-18)11-14-6-7-16-15(12-14)8-9-17(16,2)3/h4-7,10-12H,8-9H2,1-3H3/b5-4-,13-11+. The molecule has 0 N–H and O–H groups in total. The van der Waals surface area contributed by atoms with E-state index in [-0.39, 0.29) is 0 Å². The second kappa shape index (κ2) is 4.93. The van der Waals surface area contributed by atoms with Crippen molar-refractivity contribution in [3.8, 4) is 0 Å². The maximum Gasteiger partial charge on any atom is 0.142 e. The normalized spacial score (nSPS) is 18.1. The van der Waals surface area contributed by atoms with Crippen LogP contribution in [0.4, 0.5) is 0 Å². The van der Waals surface area contributed by atoms with Gasteiger partial charge in [-0.05, 0) is 47.9 Å². The minimum absolute atomic E-state index is 0.323. The van der Waals surface area contributed by atoms with Gasteiger partial charge in [0, 0.05) is 0 Å². The lowest BCUT2D eigenvalue weighted by Gasteiger charge is -2.18. The van der Waals surface area contributed by atoms with Crippen molar-refractivity contribution in [2.75, 3.05) is 0 Å². The average molecular weight is 240 g/mol. The molecule has 1 aliphatic rings. The Morgan fingerprint density at radius 2 is 2.11 bits per heavy atom. The first-order valence-corrected chi connectivity index (χ1v) is 6.46. The second-order valence-electron chi connectivity index (χ2n) is 5.68. The van der Waals surface area contributed by atoms with Crippen molar-refractivity contribution in [1.82, 2.24) is 0 Å². The smallest absolute Gasteiger partial charge is 0.142 e. The lowest BCUT2D eigenvalue weighted by molar-refractivity contribution is -0.104. The second-order valence-corrected chi connectivity index (χ2v) is 5.68. The fourth-order valence-corrected chi connectivity index (χ4v) is 2.65. The summed E-state index contributed by atoms with van der Waals surface area (Å²) in [5, 5.41) is 0. The number of aryl methyl sites for hydroxylation is 1. The van der Waals surface area contributed by atoms with Crippen LogP contribution in [0.15, 0.2) is 35.9 Å². The van der Waals surface area contributed by atoms with Crippen molar-refractivity contribution >= 4 is 12.4 Å². The van der Waals surface area contributed by atoms with E-state index < -0.39 is 0 Å². The van der Waals surface area contributed by atoms with Gasteiger partial charge in [0.2, 0.25) is 0 Å². The molecule has 1 aliphatic carbocycles. The fourth-order valence-electron chi connectivity index (χ4n) is 2.65. The van der Waals surface area contributed by atoms with Gasteiger partial charge in [-0.1, -0.05) is 49.8 Å². The molecule has 1 aromatic rings. The Hall–Kier alpha value is -1.63. The topological polar surface area (TPSA) is 17.1 Å². The number of aldehydes is 1. The molecule has 0 bridgehead atoms. The van der Waals surface area contributed by atoms with Crippen molar-refractivity contribution in [2.45, 2.75) is 39.0 Å². The highest BCUT2D eigenvalue weighted by molar-refractivity contribution is 5.67. The van der Waals surface area contributed by atoms with Crippen LogP contribution in [0.5, 0.6) is 0 Å². The summed E-state index contributed by atoms with van der Waals surface area (Å²) in [6, 6.07) is 6.71. The van der Waals surface area contributed by atoms with Crippen molar-refractivity contribution in [3.05, 3.63) is 52.6 Å². The summed E-state index contributed by atoms with van der Waals surface area (Å²) < 4.78 is 0. The molecule has 1 nitrogen and oxygen atoms in total. The summed E-state index contributed by atoms with van der Waals surface area (Å²) in [4.78, 5) is 10.3. The minimum atomic E-state index is 0.323. The molecule has 0 radical (unpaired) electrons. The van der Waals surface area contributed by atoms with E-state index in [1.807, 2.05) is 13.0 Å². The number of fused-ring (bicyclic) bond motifs is 1. The summed E-state index contributed by atoms with van der Waals surface area (Å²) in [6.07, 6.45) is 8.70. The fraction of sp³-hybridized carbons (Fsp3) is 0.353. The molecule has 0 atom stereocenters. The average Bonchev–Trinajstić information content (AvgIpc) is 2.62. The Kier molecular flexibility index (Phi) is 3.51. The molecule has 0 aromatic heterocycles. The third-order valence-corrected chi connectivity index (χ3v) is 3.71. The first kappa shape index (κ1) is 12.8. The Labute approximate surface area is 109 Å². The van der Waals surface area contributed by atoms with Crippen LogP contribution in [0.25, 0.3) is 6.08 Å². The Morgan fingerprint density at radius 1 is 1.33 bits per heavy atom. The van der Waals surface area contributed by atoms with Gasteiger partial charge in [-0.15, -0.1) is 0 Å². The molecular weight excluding hydrogens is 220 g/mol. The van der Waals surface area contributed by atoms with E-state index in [0.29, 0.717) is 5.41 Å². The summed E-state index contributed by atoms with van der Waals surface area (Å²) in [7, 11) is 0. The summed E-state index contributed by atoms with van der Waals surface area (Å²) in [6.45, 7) is 6.63. The summed E-state index contributed by atoms with van der Waals surface area (Å²) >= 11 is 0. The van der Waals surface area contributed by atoms with E-state index in [4.69, 9.17) is 0 Å². The highest BCUT2D eigenvalue weighted by Gasteiger charge is 2.29. The SMILES string of the molecule is CC(/C=C\C=O)=C\c1ccc2c(c1)CCC2(C)C. The third-order valence-electron chi connectivity index (χ3n) is 3.71. The molecule has 2 rings (SSSR count). The lowest BCUT2D eigenvalue weighted by Crippen LogP contribution is -2.11. The summed E-state index contributed by atoms with van der Waals surface area (Å²) in [5.41, 5.74) is 5.60. The van der Waals surface area contributed by atoms with Crippen LogP contribution < -0.4 is 0 Å². The quantitative estimate of drug-likeness (QED) is 0.442. The largest absolute Gasteiger partial charge is 0.299 e. The molecular formula is C17H20O. The van der Waals surface area contributed by atoms with Crippen LogP contribution in [0.2, 0.25) is 0 Å². The van der Waals surface area contributed by atoms with Crippen LogP contribution in [-0.4, -0.2) is 6.29 Å². The van der Waals surface area contributed by atoms with E-state index in [1.165, 1.54) is 35.6 Å². The van der Waals surface area contributed by atoms with Crippen LogP contribution in [0.1, 0.15) is 43.9 Å². The molecule has 94 valence electrons. The number of rotatable bonds is 3. The van der Waals surface area contributed by atoms with Crippen LogP contribution in [0, 0.1) is 0 Å². The number of carbonyl (C=O) groups excluding carboxylic acids is 1. The highest BCUT2D eigenvalue weighted by Crippen LogP contribution is 2.38. The van der Waals surface area contributed by atoms with E-state index in [1.54, 1.807) is 0 Å². The number of carbonyl (C=O) groups is 1. The van der Waals surface area contributed by atoms with Crippen LogP contribution in [-0.2, 0) is 16.6 Å². The van der Waals surface area contributed by atoms with Gasteiger partial charge in [-0.25, -0.2) is 0 Å². The number of benzene rings is 1. The van der Waals surface area contributed by atoms with Gasteiger partial charge >= 0.3 is 0 Å². The maximum absolute atomic E-state index is 10.3. The van der Waals surface area contributed by atoms with Gasteiger partial charge in [0.15, 0.2) is 0 Å². The van der Waals surface area contributed by atoms with Crippen molar-refractivity contribution in [3.63, 3.8) is 0 Å². The molecule has 0 aliphatic heterocycles. The van der Waals surface area contributed by atoms with E-state index in [2.05, 4.69) is 38.1 Å². The zero-order chi connectivity index (χ0) is 13.2. The monoisotopic (exact) mass is 240 g/mol. The van der Waals surface area contributed by atoms with Gasteiger partial charge in [0.05, 0.1) is 0 Å². The molecule has 1 aromatic carbocycles. The molecule has 18 heavy (non-hydrogen) atoms. The number of allylic oxidation sites excluding steroid dienone is 3. The minimum Gasteiger partial charge on any atom is -0.299 e. The molecule has 0 saturated carbocycles. The maximum atomic E-state index is 10.3. The highest BCUT2D eigenvalue weighted by atomic mass is 16.1. The van der Waals surface area contributed by atoms with Crippen LogP contribution >= 0.6 is 0 Å². The lowest BCUT2D eigenvalue weighted by atomic mass is 9.86. The third kappa shape index (κ3) is 2.61. The van der Waals surface area contributed by atoms with Crippen molar-refractivity contribution in [2.24, 2.45) is 0 Å². The first-order valence-electron chi connectivity index (χ1n) is 6.46. The molecule has 0 heterocycles. The molecule has 0 spiro atoms. The molecule has 0 fully saturated rings. The predicted molar refractivity (Wildman–Crippen MR) is 76.6 cm³/mol. The van der Waals surface area contributed by atoms with Crippen LogP contribution in [0.3, 0.4) is 0 Å². The zero-order valence-electron chi connectivity index (χ0n) is 11.4. The van der Waals surface area contributed by atoms with Gasteiger partial charge in [0.1, 0.15) is 6.29 Å². The van der Waals surface area contributed by atoms with Crippen molar-refractivity contribution < 1.29 is 4.79 Å². The van der Waals surface area contributed by atoms with Gasteiger partial charge in [0.25, 0.3) is 0 Å². The van der Waals surface area contributed by atoms with Gasteiger partial charge in [-0.3, -0.25) is 4.79 Å². The Morgan fingerprint density at radius 3 is 2.83 bits per heavy atom. The number of hydrogen-bond acceptors (Lipinski definition) is 1. The van der Waals surface area contributed by atoms with Crippen molar-refractivity contribution in [1.29, 1.82) is 0 Å². The van der Waals surface area contributed by atoms with E-state index in [0.717, 1.165) is 11.9 Å².